The summed E-state index contributed by atoms with van der Waals surface area (Å²) in [5.74, 6) is -1.16. The van der Waals surface area contributed by atoms with Crippen LogP contribution in [0.4, 0.5) is 0 Å². The minimum atomic E-state index is -0.929. The second kappa shape index (κ2) is 14.8. The Balaban J connectivity index is 0. The quantitative estimate of drug-likeness (QED) is 0.470. The van der Waals surface area contributed by atoms with Crippen LogP contribution in [0, 0.1) is 0 Å². The fourth-order valence-corrected chi connectivity index (χ4v) is 1.52. The van der Waals surface area contributed by atoms with Gasteiger partial charge in [0.2, 0.25) is 11.8 Å². The topological polar surface area (TPSA) is 108 Å². The lowest BCUT2D eigenvalue weighted by molar-refractivity contribution is -0.137. The molecule has 0 spiro atoms. The number of carbonyl (C=O) groups is 3. The molecule has 0 aliphatic carbocycles. The molecule has 21 heavy (non-hydrogen) atoms. The molecular formula is C14H29N3O4. The fourth-order valence-electron chi connectivity index (χ4n) is 1.52. The molecule has 1 atom stereocenters. The van der Waals surface area contributed by atoms with Crippen molar-refractivity contribution in [3.63, 3.8) is 0 Å². The monoisotopic (exact) mass is 303 g/mol. The summed E-state index contributed by atoms with van der Waals surface area (Å²) in [5.41, 5.74) is 0. The maximum atomic E-state index is 11.3. The number of aliphatic carboxylic acids is 1. The van der Waals surface area contributed by atoms with Gasteiger partial charge in [-0.1, -0.05) is 13.8 Å². The third-order valence-corrected chi connectivity index (χ3v) is 2.45. The van der Waals surface area contributed by atoms with Crippen molar-refractivity contribution in [3.05, 3.63) is 0 Å². The molecule has 0 bridgehead atoms. The summed E-state index contributed by atoms with van der Waals surface area (Å²) in [6.45, 7) is 6.32. The molecule has 124 valence electrons. The van der Waals surface area contributed by atoms with E-state index in [9.17, 15) is 14.4 Å². The highest BCUT2D eigenvalue weighted by atomic mass is 16.4. The number of carbonyl (C=O) groups excluding carboxylic acids is 2. The van der Waals surface area contributed by atoms with Crippen molar-refractivity contribution in [2.45, 2.75) is 52.5 Å². The summed E-state index contributed by atoms with van der Waals surface area (Å²) in [6.07, 6.45) is 1.63. The van der Waals surface area contributed by atoms with E-state index in [4.69, 9.17) is 5.11 Å². The minimum absolute atomic E-state index is 0.0210. The molecule has 2 amide bonds. The molecule has 0 aliphatic heterocycles. The van der Waals surface area contributed by atoms with Crippen LogP contribution in [0.3, 0.4) is 0 Å². The number of carboxylic acid groups (broad SMARTS) is 1. The van der Waals surface area contributed by atoms with Gasteiger partial charge in [0.25, 0.3) is 0 Å². The number of rotatable bonds is 10. The summed E-state index contributed by atoms with van der Waals surface area (Å²) in [5, 5.41) is 16.5. The number of hydrogen-bond acceptors (Lipinski definition) is 4. The smallest absolute Gasteiger partial charge is 0.305 e. The standard InChI is InChI=1S/C12H23N3O4.C2H6/c1-9(15-11(17)8-13-2)4-3-5-10(16)14-7-6-12(18)19;1-2/h9,13H,3-8H2,1-2H3,(H,14,16)(H,15,17)(H,18,19);1-2H3. The van der Waals surface area contributed by atoms with Crippen molar-refractivity contribution >= 4 is 17.8 Å². The van der Waals surface area contributed by atoms with Gasteiger partial charge in [-0.25, -0.2) is 0 Å². The normalized spacial score (nSPS) is 10.9. The van der Waals surface area contributed by atoms with E-state index in [1.165, 1.54) is 0 Å². The Morgan fingerprint density at radius 1 is 1.10 bits per heavy atom. The average Bonchev–Trinajstić information content (AvgIpc) is 2.40. The van der Waals surface area contributed by atoms with Crippen molar-refractivity contribution in [3.8, 4) is 0 Å². The predicted octanol–water partition coefficient (Wildman–Crippen LogP) is 0.498. The Labute approximate surface area is 126 Å². The minimum Gasteiger partial charge on any atom is -0.481 e. The van der Waals surface area contributed by atoms with Crippen LogP contribution in [0.1, 0.15) is 46.5 Å². The summed E-state index contributed by atoms with van der Waals surface area (Å²) in [7, 11) is 1.70. The molecule has 4 N–H and O–H groups in total. The molecule has 0 fully saturated rings. The molecule has 0 radical (unpaired) electrons. The van der Waals surface area contributed by atoms with Crippen molar-refractivity contribution in [2.75, 3.05) is 20.1 Å². The number of carboxylic acids is 1. The summed E-state index contributed by atoms with van der Waals surface area (Å²) >= 11 is 0. The maximum Gasteiger partial charge on any atom is 0.305 e. The second-order valence-corrected chi connectivity index (χ2v) is 4.38. The van der Waals surface area contributed by atoms with Crippen LogP contribution in [0.25, 0.3) is 0 Å². The van der Waals surface area contributed by atoms with Crippen LogP contribution >= 0.6 is 0 Å². The molecule has 0 saturated carbocycles. The van der Waals surface area contributed by atoms with Crippen molar-refractivity contribution in [1.82, 2.24) is 16.0 Å². The third kappa shape index (κ3) is 16.3. The van der Waals surface area contributed by atoms with E-state index < -0.39 is 5.97 Å². The van der Waals surface area contributed by atoms with Gasteiger partial charge in [-0.2, -0.15) is 0 Å². The van der Waals surface area contributed by atoms with Gasteiger partial charge in [-0.05, 0) is 26.8 Å². The van der Waals surface area contributed by atoms with Crippen LogP contribution in [0.2, 0.25) is 0 Å². The number of nitrogens with one attached hydrogen (secondary N) is 3. The molecule has 0 aromatic carbocycles. The van der Waals surface area contributed by atoms with Crippen molar-refractivity contribution < 1.29 is 19.5 Å². The Hall–Kier alpha value is -1.63. The zero-order chi connectivity index (χ0) is 16.7. The zero-order valence-corrected chi connectivity index (χ0v) is 13.5. The molecule has 0 aliphatic rings. The van der Waals surface area contributed by atoms with Gasteiger partial charge in [0, 0.05) is 19.0 Å². The molecule has 0 aromatic heterocycles. The van der Waals surface area contributed by atoms with Gasteiger partial charge in [0.1, 0.15) is 0 Å². The van der Waals surface area contributed by atoms with E-state index >= 15 is 0 Å². The van der Waals surface area contributed by atoms with E-state index in [-0.39, 0.29) is 37.4 Å². The zero-order valence-electron chi connectivity index (χ0n) is 13.5. The summed E-state index contributed by atoms with van der Waals surface area (Å²) in [6, 6.07) is 0.0210. The Kier molecular flexibility index (Phi) is 15.2. The van der Waals surface area contributed by atoms with Crippen LogP contribution in [0.15, 0.2) is 0 Å². The Morgan fingerprint density at radius 3 is 2.24 bits per heavy atom. The van der Waals surface area contributed by atoms with E-state index in [2.05, 4.69) is 16.0 Å². The summed E-state index contributed by atoms with van der Waals surface area (Å²) in [4.78, 5) is 32.8. The highest BCUT2D eigenvalue weighted by Gasteiger charge is 2.08. The first-order valence-corrected chi connectivity index (χ1v) is 7.38. The van der Waals surface area contributed by atoms with Crippen molar-refractivity contribution in [2.24, 2.45) is 0 Å². The first kappa shape index (κ1) is 21.7. The molecule has 1 unspecified atom stereocenters. The summed E-state index contributed by atoms with van der Waals surface area (Å²) < 4.78 is 0. The lowest BCUT2D eigenvalue weighted by atomic mass is 10.1. The largest absolute Gasteiger partial charge is 0.481 e. The molecule has 0 aromatic rings. The van der Waals surface area contributed by atoms with Crippen LogP contribution in [0.5, 0.6) is 0 Å². The van der Waals surface area contributed by atoms with Gasteiger partial charge in [0.15, 0.2) is 0 Å². The van der Waals surface area contributed by atoms with E-state index in [0.29, 0.717) is 19.3 Å². The Morgan fingerprint density at radius 2 is 1.71 bits per heavy atom. The lowest BCUT2D eigenvalue weighted by Crippen LogP contribution is -2.38. The Bertz CT molecular complexity index is 309. The van der Waals surface area contributed by atoms with Crippen LogP contribution < -0.4 is 16.0 Å². The van der Waals surface area contributed by atoms with Gasteiger partial charge in [-0.15, -0.1) is 0 Å². The predicted molar refractivity (Wildman–Crippen MR) is 82.0 cm³/mol. The third-order valence-electron chi connectivity index (χ3n) is 2.45. The van der Waals surface area contributed by atoms with Crippen molar-refractivity contribution in [1.29, 1.82) is 0 Å². The van der Waals surface area contributed by atoms with Crippen LogP contribution in [-0.2, 0) is 14.4 Å². The SMILES string of the molecule is CC.CNCC(=O)NC(C)CCCC(=O)NCCC(=O)O. The van der Waals surface area contributed by atoms with Gasteiger partial charge in [0.05, 0.1) is 13.0 Å². The fraction of sp³-hybridized carbons (Fsp3) is 0.786. The molecule has 0 saturated heterocycles. The van der Waals surface area contributed by atoms with E-state index in [1.54, 1.807) is 7.05 Å². The second-order valence-electron chi connectivity index (χ2n) is 4.38. The highest BCUT2D eigenvalue weighted by molar-refractivity contribution is 5.78. The lowest BCUT2D eigenvalue weighted by Gasteiger charge is -2.13. The molecule has 7 heteroatoms. The molecular weight excluding hydrogens is 274 g/mol. The number of likely N-dealkylation sites (N-methyl/N-ethyl adjacent to an activating group) is 1. The molecule has 0 heterocycles. The van der Waals surface area contributed by atoms with Crippen LogP contribution in [-0.4, -0.2) is 49.1 Å². The first-order chi connectivity index (χ1) is 9.95. The maximum absolute atomic E-state index is 11.3. The molecule has 7 nitrogen and oxygen atoms in total. The van der Waals surface area contributed by atoms with Gasteiger partial charge in [-0.3, -0.25) is 14.4 Å². The molecule has 0 rings (SSSR count). The van der Waals surface area contributed by atoms with Gasteiger partial charge < -0.3 is 21.1 Å². The number of amides is 2. The number of hydrogen-bond donors (Lipinski definition) is 4. The highest BCUT2D eigenvalue weighted by Crippen LogP contribution is 2.00. The van der Waals surface area contributed by atoms with Gasteiger partial charge >= 0.3 is 5.97 Å². The van der Waals surface area contributed by atoms with E-state index in [1.807, 2.05) is 20.8 Å². The van der Waals surface area contributed by atoms with E-state index in [0.717, 1.165) is 0 Å². The first-order valence-electron chi connectivity index (χ1n) is 7.38. The average molecular weight is 303 g/mol.